The summed E-state index contributed by atoms with van der Waals surface area (Å²) in [5.74, 6) is -0.464. The van der Waals surface area contributed by atoms with Gasteiger partial charge in [0.2, 0.25) is 5.91 Å². The molecule has 6 nitrogen and oxygen atoms in total. The van der Waals surface area contributed by atoms with Crippen molar-refractivity contribution in [2.24, 2.45) is 0 Å². The quantitative estimate of drug-likeness (QED) is 0.0323. The van der Waals surface area contributed by atoms with E-state index in [2.05, 4.69) is 38.2 Å². The highest BCUT2D eigenvalue weighted by Gasteiger charge is 2.24. The third-order valence-corrected chi connectivity index (χ3v) is 12.1. The molecule has 3 atom stereocenters. The van der Waals surface area contributed by atoms with Gasteiger partial charge in [0.25, 0.3) is 0 Å². The summed E-state index contributed by atoms with van der Waals surface area (Å²) in [5, 5.41) is 23.7. The first-order valence-corrected chi connectivity index (χ1v) is 25.9. The lowest BCUT2D eigenvalue weighted by atomic mass is 10.0. The monoisotopic (exact) mass is 820 g/mol. The molecular weight excluding hydrogens is 719 g/mol. The molecule has 0 aliphatic heterocycles. The van der Waals surface area contributed by atoms with Gasteiger partial charge in [-0.3, -0.25) is 9.59 Å². The summed E-state index contributed by atoms with van der Waals surface area (Å²) in [7, 11) is 0. The number of nitrogens with one attached hydrogen (secondary N) is 1. The van der Waals surface area contributed by atoms with E-state index in [0.29, 0.717) is 19.3 Å². The van der Waals surface area contributed by atoms with E-state index in [9.17, 15) is 19.8 Å². The van der Waals surface area contributed by atoms with Crippen LogP contribution < -0.4 is 5.32 Å². The van der Waals surface area contributed by atoms with Crippen LogP contribution in [0.3, 0.4) is 0 Å². The predicted molar refractivity (Wildman–Crippen MR) is 250 cm³/mol. The smallest absolute Gasteiger partial charge is 0.306 e. The fourth-order valence-electron chi connectivity index (χ4n) is 8.13. The second kappa shape index (κ2) is 46.7. The average molecular weight is 820 g/mol. The molecule has 0 aliphatic carbocycles. The number of hydrogen-bond donors (Lipinski definition) is 3. The molecule has 1 amide bonds. The first kappa shape index (κ1) is 56.6. The van der Waals surface area contributed by atoms with E-state index < -0.39 is 18.2 Å². The van der Waals surface area contributed by atoms with Crippen molar-refractivity contribution in [3.05, 3.63) is 12.2 Å². The highest BCUT2D eigenvalue weighted by Crippen LogP contribution is 2.18. The number of aliphatic hydroxyl groups is 2. The SMILES string of the molecule is CCCCCCCC/C=C/CCCCCCCCCC(=O)OC(CCCCCCCCCCCC)CC(=O)NC(CO)C(O)CCCCCCCCCCCCCC. The zero-order chi connectivity index (χ0) is 42.4. The lowest BCUT2D eigenvalue weighted by molar-refractivity contribution is -0.151. The van der Waals surface area contributed by atoms with Crippen LogP contribution in [0.1, 0.15) is 284 Å². The molecule has 344 valence electrons. The molecule has 0 aromatic rings. The number of hydrogen-bond acceptors (Lipinski definition) is 5. The highest BCUT2D eigenvalue weighted by molar-refractivity contribution is 5.77. The Morgan fingerprint density at radius 3 is 1.22 bits per heavy atom. The maximum absolute atomic E-state index is 13.2. The summed E-state index contributed by atoms with van der Waals surface area (Å²) in [5.41, 5.74) is 0. The van der Waals surface area contributed by atoms with E-state index >= 15 is 0 Å². The molecule has 0 rings (SSSR count). The summed E-state index contributed by atoms with van der Waals surface area (Å²) in [4.78, 5) is 26.1. The minimum absolute atomic E-state index is 0.0826. The van der Waals surface area contributed by atoms with Gasteiger partial charge in [-0.1, -0.05) is 232 Å². The third-order valence-electron chi connectivity index (χ3n) is 12.1. The summed E-state index contributed by atoms with van der Waals surface area (Å²) in [6.45, 7) is 6.49. The van der Waals surface area contributed by atoms with Crippen LogP contribution in [-0.4, -0.2) is 46.9 Å². The summed E-state index contributed by atoms with van der Waals surface area (Å²) >= 11 is 0. The highest BCUT2D eigenvalue weighted by atomic mass is 16.5. The van der Waals surface area contributed by atoms with Crippen LogP contribution in [0.15, 0.2) is 12.2 Å². The lowest BCUT2D eigenvalue weighted by Gasteiger charge is -2.24. The normalized spacial score (nSPS) is 13.3. The van der Waals surface area contributed by atoms with Crippen LogP contribution in [0.5, 0.6) is 0 Å². The molecule has 0 saturated heterocycles. The first-order valence-electron chi connectivity index (χ1n) is 25.9. The molecule has 0 bridgehead atoms. The minimum Gasteiger partial charge on any atom is -0.462 e. The Morgan fingerprint density at radius 2 is 0.828 bits per heavy atom. The van der Waals surface area contributed by atoms with Crippen molar-refractivity contribution < 1.29 is 24.5 Å². The zero-order valence-electron chi connectivity index (χ0n) is 39.2. The Bertz CT molecular complexity index is 878. The van der Waals surface area contributed by atoms with E-state index in [1.165, 1.54) is 193 Å². The van der Waals surface area contributed by atoms with Gasteiger partial charge in [-0.15, -0.1) is 0 Å². The number of allylic oxidation sites excluding steroid dienone is 2. The summed E-state index contributed by atoms with van der Waals surface area (Å²) < 4.78 is 5.93. The summed E-state index contributed by atoms with van der Waals surface area (Å²) in [6, 6.07) is -0.694. The van der Waals surface area contributed by atoms with Gasteiger partial charge in [0, 0.05) is 6.42 Å². The largest absolute Gasteiger partial charge is 0.462 e. The number of carbonyl (C=O) groups excluding carboxylic acids is 2. The minimum atomic E-state index is -0.781. The molecule has 0 saturated carbocycles. The molecule has 0 fully saturated rings. The van der Waals surface area contributed by atoms with Gasteiger partial charge in [-0.25, -0.2) is 0 Å². The van der Waals surface area contributed by atoms with Crippen molar-refractivity contribution in [1.29, 1.82) is 0 Å². The van der Waals surface area contributed by atoms with Gasteiger partial charge >= 0.3 is 5.97 Å². The van der Waals surface area contributed by atoms with Crippen molar-refractivity contribution in [3.63, 3.8) is 0 Å². The van der Waals surface area contributed by atoms with Crippen molar-refractivity contribution >= 4 is 11.9 Å². The van der Waals surface area contributed by atoms with Crippen LogP contribution in [-0.2, 0) is 14.3 Å². The van der Waals surface area contributed by atoms with Crippen molar-refractivity contribution in [2.75, 3.05) is 6.61 Å². The topological polar surface area (TPSA) is 95.9 Å². The molecule has 0 heterocycles. The fourth-order valence-corrected chi connectivity index (χ4v) is 8.13. The Hall–Kier alpha value is -1.40. The Labute approximate surface area is 361 Å². The molecule has 0 aromatic carbocycles. The van der Waals surface area contributed by atoms with E-state index in [0.717, 1.165) is 44.9 Å². The maximum Gasteiger partial charge on any atom is 0.306 e. The average Bonchev–Trinajstić information content (AvgIpc) is 3.22. The van der Waals surface area contributed by atoms with Gasteiger partial charge < -0.3 is 20.3 Å². The second-order valence-corrected chi connectivity index (χ2v) is 17.9. The van der Waals surface area contributed by atoms with E-state index in [-0.39, 0.29) is 24.9 Å². The van der Waals surface area contributed by atoms with Crippen molar-refractivity contribution in [2.45, 2.75) is 302 Å². The predicted octanol–water partition coefficient (Wildman–Crippen LogP) is 15.3. The number of esters is 1. The van der Waals surface area contributed by atoms with Gasteiger partial charge in [0.05, 0.1) is 25.2 Å². The Balaban J connectivity index is 4.46. The van der Waals surface area contributed by atoms with Crippen molar-refractivity contribution in [3.8, 4) is 0 Å². The van der Waals surface area contributed by atoms with Crippen LogP contribution >= 0.6 is 0 Å². The lowest BCUT2D eigenvalue weighted by Crippen LogP contribution is -2.46. The molecular formula is C52H101NO5. The van der Waals surface area contributed by atoms with Crippen LogP contribution in [0.2, 0.25) is 0 Å². The molecule has 3 N–H and O–H groups in total. The maximum atomic E-state index is 13.2. The van der Waals surface area contributed by atoms with E-state index in [1.54, 1.807) is 0 Å². The number of ether oxygens (including phenoxy) is 1. The van der Waals surface area contributed by atoms with Gasteiger partial charge in [0.1, 0.15) is 6.10 Å². The standard InChI is InChI=1S/C52H101NO5/c1-4-7-10-13-16-19-22-24-25-26-27-28-30-33-36-39-42-45-52(57)58-48(43-40-37-34-31-21-18-15-12-9-6-3)46-51(56)53-49(47-54)50(55)44-41-38-35-32-29-23-20-17-14-11-8-5-2/h24-25,48-50,54-55H,4-23,26-47H2,1-3H3,(H,53,56)/b25-24+. The summed E-state index contributed by atoms with van der Waals surface area (Å²) in [6.07, 6.45) is 51.3. The van der Waals surface area contributed by atoms with E-state index in [4.69, 9.17) is 4.74 Å². The van der Waals surface area contributed by atoms with Gasteiger partial charge in [-0.05, 0) is 51.4 Å². The van der Waals surface area contributed by atoms with Crippen LogP contribution in [0.25, 0.3) is 0 Å². The number of aliphatic hydroxyl groups excluding tert-OH is 2. The second-order valence-electron chi connectivity index (χ2n) is 17.9. The molecule has 0 spiro atoms. The van der Waals surface area contributed by atoms with E-state index in [1.807, 2.05) is 0 Å². The number of unbranched alkanes of at least 4 members (excludes halogenated alkanes) is 33. The number of rotatable bonds is 47. The molecule has 6 heteroatoms. The van der Waals surface area contributed by atoms with Gasteiger partial charge in [-0.2, -0.15) is 0 Å². The first-order chi connectivity index (χ1) is 28.5. The molecule has 58 heavy (non-hydrogen) atoms. The van der Waals surface area contributed by atoms with Crippen molar-refractivity contribution in [1.82, 2.24) is 5.32 Å². The fraction of sp³-hybridized carbons (Fsp3) is 0.923. The third kappa shape index (κ3) is 41.3. The Kier molecular flexibility index (Phi) is 45.5. The van der Waals surface area contributed by atoms with Crippen LogP contribution in [0.4, 0.5) is 0 Å². The molecule has 0 aromatic heterocycles. The Morgan fingerprint density at radius 1 is 0.483 bits per heavy atom. The zero-order valence-corrected chi connectivity index (χ0v) is 39.2. The number of carbonyl (C=O) groups is 2. The molecule has 0 radical (unpaired) electrons. The molecule has 0 aliphatic rings. The number of amides is 1. The van der Waals surface area contributed by atoms with Crippen LogP contribution in [0, 0.1) is 0 Å². The molecule has 3 unspecified atom stereocenters. The van der Waals surface area contributed by atoms with Gasteiger partial charge in [0.15, 0.2) is 0 Å².